The highest BCUT2D eigenvalue weighted by Gasteiger charge is 2.18. The number of rotatable bonds is 4. The van der Waals surface area contributed by atoms with Gasteiger partial charge in [0.15, 0.2) is 0 Å². The quantitative estimate of drug-likeness (QED) is 0.909. The molecule has 6 heteroatoms. The van der Waals surface area contributed by atoms with Crippen LogP contribution < -0.4 is 10.5 Å². The number of nitrogens with two attached hydrogens (primary N) is 1. The second-order valence-electron chi connectivity index (χ2n) is 5.22. The second-order valence-corrected chi connectivity index (χ2v) is 6.90. The molecule has 0 atom stereocenters. The highest BCUT2D eigenvalue weighted by Crippen LogP contribution is 2.29. The van der Waals surface area contributed by atoms with Crippen molar-refractivity contribution < 1.29 is 8.42 Å². The van der Waals surface area contributed by atoms with Crippen molar-refractivity contribution in [3.63, 3.8) is 0 Å². The van der Waals surface area contributed by atoms with E-state index in [1.807, 2.05) is 39.0 Å². The van der Waals surface area contributed by atoms with E-state index in [1.54, 1.807) is 0 Å². The van der Waals surface area contributed by atoms with Crippen LogP contribution in [0.25, 0.3) is 0 Å². The van der Waals surface area contributed by atoms with Crippen molar-refractivity contribution in [2.24, 2.45) is 0 Å². The number of hydrogen-bond acceptors (Lipinski definition) is 4. The number of nitrogens with one attached hydrogen (secondary N) is 1. The van der Waals surface area contributed by atoms with Crippen LogP contribution >= 0.6 is 0 Å². The molecule has 1 heterocycles. The molecule has 0 saturated carbocycles. The minimum absolute atomic E-state index is 0.0923. The predicted molar refractivity (Wildman–Crippen MR) is 84.7 cm³/mol. The van der Waals surface area contributed by atoms with Gasteiger partial charge in [-0.1, -0.05) is 32.0 Å². The molecule has 21 heavy (non-hydrogen) atoms. The maximum atomic E-state index is 12.4. The Hall–Kier alpha value is -2.08. The van der Waals surface area contributed by atoms with Gasteiger partial charge < -0.3 is 5.73 Å². The summed E-state index contributed by atoms with van der Waals surface area (Å²) in [6.45, 7) is 5.93. The van der Waals surface area contributed by atoms with Crippen LogP contribution in [0.1, 0.15) is 30.9 Å². The summed E-state index contributed by atoms with van der Waals surface area (Å²) in [5.41, 5.74) is 7.96. The summed E-state index contributed by atoms with van der Waals surface area (Å²) < 4.78 is 27.6. The van der Waals surface area contributed by atoms with E-state index in [-0.39, 0.29) is 16.6 Å². The number of pyridine rings is 1. The van der Waals surface area contributed by atoms with Gasteiger partial charge in [-0.05, 0) is 36.1 Å². The summed E-state index contributed by atoms with van der Waals surface area (Å²) >= 11 is 0. The number of aromatic nitrogens is 1. The smallest absolute Gasteiger partial charge is 0.263 e. The van der Waals surface area contributed by atoms with Gasteiger partial charge >= 0.3 is 0 Å². The maximum Gasteiger partial charge on any atom is 0.263 e. The number of benzene rings is 1. The zero-order valence-electron chi connectivity index (χ0n) is 12.3. The number of nitrogen functional groups attached to an aromatic ring is 1. The van der Waals surface area contributed by atoms with Crippen molar-refractivity contribution in [2.75, 3.05) is 10.5 Å². The fraction of sp³-hybridized carbons (Fsp3) is 0.267. The summed E-state index contributed by atoms with van der Waals surface area (Å²) in [6, 6.07) is 8.64. The lowest BCUT2D eigenvalue weighted by Crippen LogP contribution is -2.16. The molecule has 0 saturated heterocycles. The van der Waals surface area contributed by atoms with Crippen molar-refractivity contribution in [1.82, 2.24) is 4.98 Å². The Morgan fingerprint density at radius 3 is 2.48 bits per heavy atom. The van der Waals surface area contributed by atoms with Crippen LogP contribution in [-0.4, -0.2) is 13.4 Å². The van der Waals surface area contributed by atoms with Crippen LogP contribution in [0.2, 0.25) is 0 Å². The van der Waals surface area contributed by atoms with E-state index >= 15 is 0 Å². The molecule has 1 aromatic heterocycles. The average molecular weight is 305 g/mol. The third-order valence-corrected chi connectivity index (χ3v) is 4.57. The average Bonchev–Trinajstić information content (AvgIpc) is 2.41. The van der Waals surface area contributed by atoms with Crippen molar-refractivity contribution >= 4 is 21.5 Å². The van der Waals surface area contributed by atoms with Crippen molar-refractivity contribution in [3.8, 4) is 0 Å². The Bertz CT molecular complexity index is 738. The highest BCUT2D eigenvalue weighted by molar-refractivity contribution is 7.92. The summed E-state index contributed by atoms with van der Waals surface area (Å²) in [5.74, 6) is 0.500. The first-order chi connectivity index (χ1) is 9.81. The fourth-order valence-corrected chi connectivity index (χ4v) is 3.16. The molecule has 112 valence electrons. The SMILES string of the molecule is Cc1cccc(C(C)C)c1NS(=O)(=O)c1ccc(N)nc1. The van der Waals surface area contributed by atoms with Gasteiger partial charge in [0.05, 0.1) is 5.69 Å². The van der Waals surface area contributed by atoms with E-state index < -0.39 is 10.0 Å². The first kappa shape index (κ1) is 15.3. The normalized spacial score (nSPS) is 11.6. The Kier molecular flexibility index (Phi) is 4.18. The molecule has 5 nitrogen and oxygen atoms in total. The molecule has 0 aliphatic carbocycles. The van der Waals surface area contributed by atoms with Crippen molar-refractivity contribution in [1.29, 1.82) is 0 Å². The topological polar surface area (TPSA) is 85.1 Å². The number of anilines is 2. The lowest BCUT2D eigenvalue weighted by molar-refractivity contribution is 0.600. The number of para-hydroxylation sites is 1. The lowest BCUT2D eigenvalue weighted by atomic mass is 9.99. The minimum atomic E-state index is -3.68. The first-order valence-corrected chi connectivity index (χ1v) is 8.13. The number of nitrogens with zero attached hydrogens (tertiary/aromatic N) is 1. The zero-order valence-corrected chi connectivity index (χ0v) is 13.1. The first-order valence-electron chi connectivity index (χ1n) is 6.65. The van der Waals surface area contributed by atoms with E-state index in [1.165, 1.54) is 18.3 Å². The summed E-state index contributed by atoms with van der Waals surface area (Å²) in [7, 11) is -3.68. The van der Waals surface area contributed by atoms with Crippen LogP contribution in [0.4, 0.5) is 11.5 Å². The monoisotopic (exact) mass is 305 g/mol. The van der Waals surface area contributed by atoms with Gasteiger partial charge in [0.2, 0.25) is 0 Å². The molecular weight excluding hydrogens is 286 g/mol. The maximum absolute atomic E-state index is 12.4. The van der Waals surface area contributed by atoms with Gasteiger partial charge in [0.25, 0.3) is 10.0 Å². The molecule has 1 aromatic carbocycles. The van der Waals surface area contributed by atoms with Gasteiger partial charge in [-0.3, -0.25) is 4.72 Å². The van der Waals surface area contributed by atoms with E-state index in [9.17, 15) is 8.42 Å². The number of aryl methyl sites for hydroxylation is 1. The van der Waals surface area contributed by atoms with Gasteiger partial charge in [-0.15, -0.1) is 0 Å². The van der Waals surface area contributed by atoms with Gasteiger partial charge in [-0.25, -0.2) is 13.4 Å². The molecule has 0 radical (unpaired) electrons. The molecule has 0 unspecified atom stereocenters. The van der Waals surface area contributed by atoms with E-state index in [2.05, 4.69) is 9.71 Å². The zero-order chi connectivity index (χ0) is 15.6. The van der Waals surface area contributed by atoms with E-state index in [4.69, 9.17) is 5.73 Å². The number of sulfonamides is 1. The second kappa shape index (κ2) is 5.73. The number of hydrogen-bond donors (Lipinski definition) is 2. The summed E-state index contributed by atoms with van der Waals surface area (Å²) in [5, 5.41) is 0. The van der Waals surface area contributed by atoms with Gasteiger partial charge in [0, 0.05) is 6.20 Å². The Morgan fingerprint density at radius 1 is 1.19 bits per heavy atom. The van der Waals surface area contributed by atoms with Crippen LogP contribution in [0.3, 0.4) is 0 Å². The van der Waals surface area contributed by atoms with Gasteiger partial charge in [-0.2, -0.15) is 0 Å². The van der Waals surface area contributed by atoms with Crippen LogP contribution in [-0.2, 0) is 10.0 Å². The minimum Gasteiger partial charge on any atom is -0.384 e. The molecule has 0 bridgehead atoms. The Morgan fingerprint density at radius 2 is 1.90 bits per heavy atom. The molecule has 0 amide bonds. The third-order valence-electron chi connectivity index (χ3n) is 3.23. The molecule has 3 N–H and O–H groups in total. The van der Waals surface area contributed by atoms with Crippen LogP contribution in [0.5, 0.6) is 0 Å². The molecule has 2 rings (SSSR count). The lowest BCUT2D eigenvalue weighted by Gasteiger charge is -2.17. The predicted octanol–water partition coefficient (Wildman–Crippen LogP) is 2.90. The largest absolute Gasteiger partial charge is 0.384 e. The highest BCUT2D eigenvalue weighted by atomic mass is 32.2. The Balaban J connectivity index is 2.44. The third kappa shape index (κ3) is 3.33. The van der Waals surface area contributed by atoms with Crippen LogP contribution in [0, 0.1) is 6.92 Å². The molecule has 0 aliphatic rings. The standard InChI is InChI=1S/C15H19N3O2S/c1-10(2)13-6-4-5-11(3)15(13)18-21(19,20)12-7-8-14(16)17-9-12/h4-10,18H,1-3H3,(H2,16,17). The fourth-order valence-electron chi connectivity index (χ4n) is 2.05. The molecule has 0 aliphatic heterocycles. The van der Waals surface area contributed by atoms with E-state index in [0.717, 1.165) is 11.1 Å². The summed E-state index contributed by atoms with van der Waals surface area (Å²) in [6.07, 6.45) is 1.25. The molecule has 0 spiro atoms. The molecule has 0 fully saturated rings. The molecule has 2 aromatic rings. The van der Waals surface area contributed by atoms with Crippen molar-refractivity contribution in [3.05, 3.63) is 47.7 Å². The van der Waals surface area contributed by atoms with Crippen LogP contribution in [0.15, 0.2) is 41.4 Å². The van der Waals surface area contributed by atoms with E-state index in [0.29, 0.717) is 5.69 Å². The Labute approximate surface area is 125 Å². The molecular formula is C15H19N3O2S. The summed E-state index contributed by atoms with van der Waals surface area (Å²) in [4.78, 5) is 3.92. The van der Waals surface area contributed by atoms with Crippen molar-refractivity contribution in [2.45, 2.75) is 31.6 Å². The van der Waals surface area contributed by atoms with Gasteiger partial charge in [0.1, 0.15) is 10.7 Å².